The zero-order valence-corrected chi connectivity index (χ0v) is 18.7. The quantitative estimate of drug-likeness (QED) is 0.460. The van der Waals surface area contributed by atoms with E-state index in [1.807, 2.05) is 4.68 Å². The maximum absolute atomic E-state index is 13.2. The minimum absolute atomic E-state index is 0.0296. The first kappa shape index (κ1) is 21.4. The van der Waals surface area contributed by atoms with Gasteiger partial charge in [0, 0.05) is 29.2 Å². The first-order valence-corrected chi connectivity index (χ1v) is 11.1. The van der Waals surface area contributed by atoms with E-state index in [-0.39, 0.29) is 18.1 Å². The van der Waals surface area contributed by atoms with Gasteiger partial charge in [0.15, 0.2) is 5.65 Å². The van der Waals surface area contributed by atoms with Crippen molar-refractivity contribution in [3.05, 3.63) is 59.6 Å². The van der Waals surface area contributed by atoms with Crippen LogP contribution < -0.4 is 10.1 Å². The highest BCUT2D eigenvalue weighted by Gasteiger charge is 2.26. The molecule has 3 heterocycles. The maximum Gasteiger partial charge on any atom is 0.261 e. The van der Waals surface area contributed by atoms with E-state index in [1.165, 1.54) is 6.20 Å². The van der Waals surface area contributed by atoms with E-state index in [2.05, 4.69) is 15.4 Å². The third kappa shape index (κ3) is 4.17. The molecule has 2 atom stereocenters. The molecule has 5 rings (SSSR count). The highest BCUT2D eigenvalue weighted by Crippen LogP contribution is 2.38. The van der Waals surface area contributed by atoms with Crippen LogP contribution in [0.25, 0.3) is 16.9 Å². The molecule has 1 saturated carbocycles. The molecule has 4 aromatic rings. The number of aromatic nitrogens is 5. The lowest BCUT2D eigenvalue weighted by Gasteiger charge is -2.26. The van der Waals surface area contributed by atoms with Crippen molar-refractivity contribution in [2.45, 2.75) is 37.8 Å². The number of rotatable bonds is 5. The number of hydrogen-bond acceptors (Lipinski definition) is 6. The average molecular weight is 467 g/mol. The predicted octanol–water partition coefficient (Wildman–Crippen LogP) is 3.98. The number of carbonyl (C=O) groups is 1. The Hall–Kier alpha value is -3.43. The van der Waals surface area contributed by atoms with E-state index in [0.717, 1.165) is 19.3 Å². The van der Waals surface area contributed by atoms with Crippen LogP contribution in [0.4, 0.5) is 5.69 Å². The van der Waals surface area contributed by atoms with Gasteiger partial charge in [-0.25, -0.2) is 9.50 Å². The van der Waals surface area contributed by atoms with Crippen molar-refractivity contribution in [2.75, 3.05) is 12.4 Å². The van der Waals surface area contributed by atoms with Crippen molar-refractivity contribution in [2.24, 2.45) is 0 Å². The number of fused-ring (bicyclic) bond motifs is 1. The molecule has 0 aliphatic heterocycles. The van der Waals surface area contributed by atoms with Crippen LogP contribution in [0.5, 0.6) is 5.75 Å². The second kappa shape index (κ2) is 8.84. The number of halogens is 1. The van der Waals surface area contributed by atoms with Gasteiger partial charge in [-0.3, -0.25) is 9.48 Å². The number of nitrogens with one attached hydrogen (secondary N) is 1. The molecule has 170 valence electrons. The second-order valence-corrected chi connectivity index (χ2v) is 8.53. The Morgan fingerprint density at radius 2 is 2.21 bits per heavy atom. The monoisotopic (exact) mass is 466 g/mol. The molecule has 0 unspecified atom stereocenters. The molecule has 10 heteroatoms. The van der Waals surface area contributed by atoms with Gasteiger partial charge in [0.05, 0.1) is 31.1 Å². The molecule has 1 aliphatic carbocycles. The van der Waals surface area contributed by atoms with E-state index in [1.54, 1.807) is 54.5 Å². The van der Waals surface area contributed by atoms with Crippen LogP contribution in [-0.2, 0) is 0 Å². The molecule has 0 bridgehead atoms. The summed E-state index contributed by atoms with van der Waals surface area (Å²) in [4.78, 5) is 17.5. The summed E-state index contributed by atoms with van der Waals surface area (Å²) in [7, 11) is 1.57. The summed E-state index contributed by atoms with van der Waals surface area (Å²) < 4.78 is 8.90. The number of hydrogen-bond donors (Lipinski definition) is 2. The largest absolute Gasteiger partial charge is 0.496 e. The van der Waals surface area contributed by atoms with E-state index >= 15 is 0 Å². The van der Waals surface area contributed by atoms with Crippen LogP contribution in [0.15, 0.2) is 49.1 Å². The molecule has 33 heavy (non-hydrogen) atoms. The molecule has 1 amide bonds. The predicted molar refractivity (Wildman–Crippen MR) is 124 cm³/mol. The molecule has 9 nitrogen and oxygen atoms in total. The summed E-state index contributed by atoms with van der Waals surface area (Å²) in [6, 6.07) is 7.04. The number of aliphatic hydroxyl groups excluding tert-OH is 1. The van der Waals surface area contributed by atoms with Crippen LogP contribution in [0.1, 0.15) is 42.1 Å². The fourth-order valence-electron chi connectivity index (χ4n) is 4.29. The number of anilines is 1. The molecule has 0 radical (unpaired) electrons. The Balaban J connectivity index is 1.56. The van der Waals surface area contributed by atoms with Gasteiger partial charge in [0.2, 0.25) is 0 Å². The van der Waals surface area contributed by atoms with Gasteiger partial charge in [-0.15, -0.1) is 0 Å². The molecular weight excluding hydrogens is 444 g/mol. The topological polar surface area (TPSA) is 107 Å². The zero-order chi connectivity index (χ0) is 22.9. The number of amides is 1. The number of benzene rings is 1. The van der Waals surface area contributed by atoms with Gasteiger partial charge in [-0.1, -0.05) is 11.6 Å². The van der Waals surface area contributed by atoms with Crippen LogP contribution in [0, 0.1) is 0 Å². The first-order valence-electron chi connectivity index (χ1n) is 10.7. The van der Waals surface area contributed by atoms with Crippen molar-refractivity contribution in [3.8, 4) is 17.0 Å². The third-order valence-electron chi connectivity index (χ3n) is 5.91. The number of carbonyl (C=O) groups excluding carboxylic acids is 1. The normalized spacial score (nSPS) is 18.4. The third-order valence-corrected chi connectivity index (χ3v) is 6.15. The number of ether oxygens (including phenoxy) is 1. The van der Waals surface area contributed by atoms with Crippen molar-refractivity contribution >= 4 is 28.8 Å². The number of methoxy groups -OCH3 is 1. The van der Waals surface area contributed by atoms with E-state index in [0.29, 0.717) is 45.3 Å². The highest BCUT2D eigenvalue weighted by atomic mass is 35.5. The summed E-state index contributed by atoms with van der Waals surface area (Å²) in [5.74, 6) is 0.232. The lowest BCUT2D eigenvalue weighted by Crippen LogP contribution is -2.22. The zero-order valence-electron chi connectivity index (χ0n) is 18.0. The lowest BCUT2D eigenvalue weighted by atomic mass is 9.93. The van der Waals surface area contributed by atoms with Gasteiger partial charge in [-0.05, 0) is 49.9 Å². The van der Waals surface area contributed by atoms with Gasteiger partial charge in [-0.2, -0.15) is 10.2 Å². The minimum Gasteiger partial charge on any atom is -0.496 e. The minimum atomic E-state index is -0.361. The summed E-state index contributed by atoms with van der Waals surface area (Å²) in [5, 5.41) is 22.6. The Morgan fingerprint density at radius 1 is 1.33 bits per heavy atom. The SMILES string of the molecule is COc1ccc(Cl)cc1-c1nn([C@H]2CCC[C@@H](O)C2)cc1NC(=O)c1cnn2cccnc12. The van der Waals surface area contributed by atoms with E-state index in [9.17, 15) is 9.90 Å². The fourth-order valence-corrected chi connectivity index (χ4v) is 4.46. The summed E-state index contributed by atoms with van der Waals surface area (Å²) in [6.45, 7) is 0. The average Bonchev–Trinajstić information content (AvgIpc) is 3.43. The first-order chi connectivity index (χ1) is 16.0. The van der Waals surface area contributed by atoms with Gasteiger partial charge in [0.25, 0.3) is 5.91 Å². The highest BCUT2D eigenvalue weighted by molar-refractivity contribution is 6.31. The summed E-state index contributed by atoms with van der Waals surface area (Å²) in [6.07, 6.45) is 9.48. The molecule has 3 aromatic heterocycles. The molecule has 1 aromatic carbocycles. The molecule has 0 saturated heterocycles. The van der Waals surface area contributed by atoms with Crippen molar-refractivity contribution in [3.63, 3.8) is 0 Å². The summed E-state index contributed by atoms with van der Waals surface area (Å²) >= 11 is 6.27. The molecular formula is C23H23ClN6O3. The van der Waals surface area contributed by atoms with Gasteiger partial charge in [0.1, 0.15) is 17.0 Å². The van der Waals surface area contributed by atoms with Gasteiger partial charge < -0.3 is 15.2 Å². The molecule has 1 aliphatic rings. The van der Waals surface area contributed by atoms with Crippen LogP contribution in [0.2, 0.25) is 5.02 Å². The Kier molecular flexibility index (Phi) is 5.74. The van der Waals surface area contributed by atoms with E-state index < -0.39 is 0 Å². The van der Waals surface area contributed by atoms with Crippen molar-refractivity contribution in [1.82, 2.24) is 24.4 Å². The van der Waals surface area contributed by atoms with Crippen LogP contribution >= 0.6 is 11.6 Å². The molecule has 1 fully saturated rings. The second-order valence-electron chi connectivity index (χ2n) is 8.09. The fraction of sp³-hybridized carbons (Fsp3) is 0.304. The molecule has 0 spiro atoms. The molecule has 2 N–H and O–H groups in total. The Bertz CT molecular complexity index is 1320. The van der Waals surface area contributed by atoms with E-state index in [4.69, 9.17) is 21.4 Å². The van der Waals surface area contributed by atoms with Crippen LogP contribution in [-0.4, -0.2) is 48.6 Å². The number of aliphatic hydroxyl groups is 1. The van der Waals surface area contributed by atoms with Crippen molar-refractivity contribution < 1.29 is 14.6 Å². The Labute approximate surface area is 195 Å². The smallest absolute Gasteiger partial charge is 0.261 e. The van der Waals surface area contributed by atoms with Crippen molar-refractivity contribution in [1.29, 1.82) is 0 Å². The number of nitrogens with zero attached hydrogens (tertiary/aromatic N) is 5. The van der Waals surface area contributed by atoms with Crippen LogP contribution in [0.3, 0.4) is 0 Å². The standard InChI is InChI=1S/C23H23ClN6O3/c1-33-20-7-6-14(24)10-17(20)21-19(13-30(28-21)15-4-2-5-16(31)11-15)27-23(32)18-12-26-29-9-3-8-25-22(18)29/h3,6-10,12-13,15-16,31H,2,4-5,11H2,1H3,(H,27,32)/t15-,16+/m0/s1. The maximum atomic E-state index is 13.2. The summed E-state index contributed by atoms with van der Waals surface area (Å²) in [5.41, 5.74) is 2.51. The Morgan fingerprint density at radius 3 is 3.03 bits per heavy atom. The van der Waals surface area contributed by atoms with Gasteiger partial charge >= 0.3 is 0 Å². The lowest BCUT2D eigenvalue weighted by molar-refractivity contribution is 0.0999.